The lowest BCUT2D eigenvalue weighted by Gasteiger charge is -2.15. The van der Waals surface area contributed by atoms with Crippen molar-refractivity contribution in [2.75, 3.05) is 11.5 Å². The van der Waals surface area contributed by atoms with Gasteiger partial charge in [-0.3, -0.25) is 0 Å². The van der Waals surface area contributed by atoms with Gasteiger partial charge in [-0.05, 0) is 12.1 Å². The van der Waals surface area contributed by atoms with E-state index in [1.54, 1.807) is 6.07 Å². The zero-order chi connectivity index (χ0) is 15.8. The van der Waals surface area contributed by atoms with E-state index in [0.717, 1.165) is 12.1 Å². The Balaban J connectivity index is 2.89. The van der Waals surface area contributed by atoms with Crippen molar-refractivity contribution in [2.24, 2.45) is 0 Å². The quantitative estimate of drug-likeness (QED) is 0.843. The van der Waals surface area contributed by atoms with Crippen LogP contribution in [0.25, 0.3) is 11.3 Å². The first kappa shape index (κ1) is 14.9. The lowest BCUT2D eigenvalue weighted by Crippen LogP contribution is -2.11. The summed E-state index contributed by atoms with van der Waals surface area (Å²) in [6.45, 7) is 0. The number of nitriles is 1. The minimum atomic E-state index is -4.68. The first-order chi connectivity index (χ1) is 9.75. The Morgan fingerprint density at radius 1 is 1.19 bits per heavy atom. The molecular weight excluding hydrogens is 307 g/mol. The molecule has 0 spiro atoms. The third-order valence-electron chi connectivity index (χ3n) is 2.62. The van der Waals surface area contributed by atoms with Crippen molar-refractivity contribution in [2.45, 2.75) is 6.18 Å². The molecule has 9 heteroatoms. The predicted octanol–water partition coefficient (Wildman–Crippen LogP) is 2.85. The molecule has 1 aromatic heterocycles. The zero-order valence-corrected chi connectivity index (χ0v) is 11.0. The van der Waals surface area contributed by atoms with E-state index >= 15 is 0 Å². The highest BCUT2D eigenvalue weighted by Gasteiger charge is 2.36. The van der Waals surface area contributed by atoms with E-state index in [4.69, 9.17) is 28.3 Å². The molecule has 2 aromatic rings. The Hall–Kier alpha value is -2.53. The first-order valence-corrected chi connectivity index (χ1v) is 5.82. The second-order valence-corrected chi connectivity index (χ2v) is 4.37. The van der Waals surface area contributed by atoms with Gasteiger partial charge in [0.1, 0.15) is 17.5 Å². The SMILES string of the molecule is N#Cc1c(N)nc(N)nc1-c1c(Cl)cccc1C(F)(F)F. The van der Waals surface area contributed by atoms with E-state index < -0.39 is 17.3 Å². The molecule has 0 aliphatic carbocycles. The standard InChI is InChI=1S/C12H7ClF3N5/c13-7-3-1-2-6(12(14,15)16)8(7)9-5(4-17)10(18)21-11(19)20-9/h1-3H,(H4,18,19,20,21). The third kappa shape index (κ3) is 2.68. The van der Waals surface area contributed by atoms with Gasteiger partial charge in [0, 0.05) is 5.56 Å². The van der Waals surface area contributed by atoms with Gasteiger partial charge in [0.05, 0.1) is 16.3 Å². The van der Waals surface area contributed by atoms with E-state index in [-0.39, 0.29) is 28.0 Å². The van der Waals surface area contributed by atoms with Gasteiger partial charge in [-0.25, -0.2) is 4.98 Å². The Morgan fingerprint density at radius 3 is 2.43 bits per heavy atom. The molecule has 0 amide bonds. The molecule has 4 N–H and O–H groups in total. The Kier molecular flexibility index (Phi) is 3.61. The van der Waals surface area contributed by atoms with E-state index in [2.05, 4.69) is 9.97 Å². The van der Waals surface area contributed by atoms with E-state index in [0.29, 0.717) is 0 Å². The minimum Gasteiger partial charge on any atom is -0.382 e. The van der Waals surface area contributed by atoms with Crippen LogP contribution in [-0.4, -0.2) is 9.97 Å². The van der Waals surface area contributed by atoms with Crippen LogP contribution in [0.4, 0.5) is 24.9 Å². The molecule has 0 unspecified atom stereocenters. The fourth-order valence-corrected chi connectivity index (χ4v) is 2.05. The van der Waals surface area contributed by atoms with Gasteiger partial charge in [0.25, 0.3) is 0 Å². The minimum absolute atomic E-state index is 0.223. The molecule has 0 saturated heterocycles. The molecule has 0 fully saturated rings. The van der Waals surface area contributed by atoms with Crippen LogP contribution in [0.5, 0.6) is 0 Å². The number of nitrogens with zero attached hydrogens (tertiary/aromatic N) is 3. The van der Waals surface area contributed by atoms with Gasteiger partial charge in [-0.1, -0.05) is 17.7 Å². The van der Waals surface area contributed by atoms with Crippen molar-refractivity contribution >= 4 is 23.4 Å². The summed E-state index contributed by atoms with van der Waals surface area (Å²) in [5, 5.41) is 8.84. The topological polar surface area (TPSA) is 102 Å². The Morgan fingerprint density at radius 2 is 1.86 bits per heavy atom. The summed E-state index contributed by atoms with van der Waals surface area (Å²) in [6, 6.07) is 4.89. The molecule has 1 aromatic carbocycles. The molecule has 0 bridgehead atoms. The van der Waals surface area contributed by atoms with Gasteiger partial charge < -0.3 is 11.5 Å². The second-order valence-electron chi connectivity index (χ2n) is 3.96. The highest BCUT2D eigenvalue weighted by Crippen LogP contribution is 2.41. The summed E-state index contributed by atoms with van der Waals surface area (Å²) in [5.74, 6) is -0.664. The zero-order valence-electron chi connectivity index (χ0n) is 10.2. The van der Waals surface area contributed by atoms with Gasteiger partial charge in [0.2, 0.25) is 5.95 Å². The maximum atomic E-state index is 13.1. The lowest BCUT2D eigenvalue weighted by molar-refractivity contribution is -0.137. The van der Waals surface area contributed by atoms with Crippen molar-refractivity contribution in [1.82, 2.24) is 9.97 Å². The van der Waals surface area contributed by atoms with Crippen molar-refractivity contribution in [3.63, 3.8) is 0 Å². The van der Waals surface area contributed by atoms with Crippen LogP contribution >= 0.6 is 11.6 Å². The molecule has 5 nitrogen and oxygen atoms in total. The van der Waals surface area contributed by atoms with Crippen LogP contribution < -0.4 is 11.5 Å². The van der Waals surface area contributed by atoms with Crippen LogP contribution in [-0.2, 0) is 6.18 Å². The molecule has 0 radical (unpaired) electrons. The van der Waals surface area contributed by atoms with Crippen LogP contribution in [0.1, 0.15) is 11.1 Å². The number of benzene rings is 1. The van der Waals surface area contributed by atoms with Crippen molar-refractivity contribution in [3.05, 3.63) is 34.3 Å². The number of rotatable bonds is 1. The molecule has 108 valence electrons. The average Bonchev–Trinajstić information content (AvgIpc) is 2.36. The van der Waals surface area contributed by atoms with Gasteiger partial charge in [0.15, 0.2) is 0 Å². The number of hydrogen-bond acceptors (Lipinski definition) is 5. The number of aromatic nitrogens is 2. The maximum Gasteiger partial charge on any atom is 0.417 e. The molecular formula is C12H7ClF3N5. The van der Waals surface area contributed by atoms with Gasteiger partial charge in [-0.2, -0.15) is 23.4 Å². The summed E-state index contributed by atoms with van der Waals surface area (Å²) in [6.07, 6.45) is -4.68. The number of anilines is 2. The summed E-state index contributed by atoms with van der Waals surface area (Å²) < 4.78 is 39.3. The Labute approximate surface area is 122 Å². The van der Waals surface area contributed by atoms with E-state index in [1.807, 2.05) is 0 Å². The molecule has 21 heavy (non-hydrogen) atoms. The number of nitrogens with two attached hydrogens (primary N) is 2. The number of nitrogen functional groups attached to an aromatic ring is 2. The lowest BCUT2D eigenvalue weighted by atomic mass is 10.0. The monoisotopic (exact) mass is 313 g/mol. The van der Waals surface area contributed by atoms with Crippen LogP contribution in [0, 0.1) is 11.3 Å². The normalized spacial score (nSPS) is 11.2. The molecule has 2 rings (SSSR count). The van der Waals surface area contributed by atoms with Crippen molar-refractivity contribution in [1.29, 1.82) is 5.26 Å². The smallest absolute Gasteiger partial charge is 0.382 e. The molecule has 0 aliphatic heterocycles. The summed E-state index contributed by atoms with van der Waals surface area (Å²) in [7, 11) is 0. The third-order valence-corrected chi connectivity index (χ3v) is 2.94. The number of alkyl halides is 3. The van der Waals surface area contributed by atoms with E-state index in [9.17, 15) is 13.2 Å². The van der Waals surface area contributed by atoms with Gasteiger partial charge in [-0.15, -0.1) is 0 Å². The molecule has 1 heterocycles. The highest BCUT2D eigenvalue weighted by molar-refractivity contribution is 6.33. The summed E-state index contributed by atoms with van der Waals surface area (Å²) >= 11 is 5.85. The fraction of sp³-hybridized carbons (Fsp3) is 0.0833. The molecule has 0 aliphatic rings. The largest absolute Gasteiger partial charge is 0.417 e. The maximum absolute atomic E-state index is 13.1. The van der Waals surface area contributed by atoms with Crippen LogP contribution in [0.2, 0.25) is 5.02 Å². The molecule has 0 atom stereocenters. The predicted molar refractivity (Wildman–Crippen MR) is 71.0 cm³/mol. The second kappa shape index (κ2) is 5.10. The van der Waals surface area contributed by atoms with E-state index in [1.165, 1.54) is 6.07 Å². The summed E-state index contributed by atoms with van der Waals surface area (Å²) in [4.78, 5) is 7.24. The highest BCUT2D eigenvalue weighted by atomic mass is 35.5. The number of halogens is 4. The summed E-state index contributed by atoms with van der Waals surface area (Å²) in [5.41, 5.74) is 8.74. The van der Waals surface area contributed by atoms with Crippen molar-refractivity contribution < 1.29 is 13.2 Å². The Bertz CT molecular complexity index is 752. The number of hydrogen-bond donors (Lipinski definition) is 2. The van der Waals surface area contributed by atoms with Gasteiger partial charge >= 0.3 is 6.18 Å². The van der Waals surface area contributed by atoms with Crippen molar-refractivity contribution in [3.8, 4) is 17.3 Å². The first-order valence-electron chi connectivity index (χ1n) is 5.45. The van der Waals surface area contributed by atoms with Crippen LogP contribution in [0.3, 0.4) is 0 Å². The van der Waals surface area contributed by atoms with Crippen LogP contribution in [0.15, 0.2) is 18.2 Å². The fourth-order valence-electron chi connectivity index (χ4n) is 1.79. The molecule has 0 saturated carbocycles. The average molecular weight is 314 g/mol.